The predicted molar refractivity (Wildman–Crippen MR) is 88.0 cm³/mol. The van der Waals surface area contributed by atoms with Gasteiger partial charge in [-0.15, -0.1) is 0 Å². The van der Waals surface area contributed by atoms with Crippen molar-refractivity contribution in [2.45, 2.75) is 13.0 Å². The van der Waals surface area contributed by atoms with E-state index in [0.29, 0.717) is 22.0 Å². The maximum absolute atomic E-state index is 12.1. The number of methoxy groups -OCH3 is 1. The second-order valence-electron chi connectivity index (χ2n) is 4.78. The zero-order valence-corrected chi connectivity index (χ0v) is 13.5. The Bertz CT molecular complexity index is 700. The van der Waals surface area contributed by atoms with Crippen molar-refractivity contribution in [3.63, 3.8) is 0 Å². The smallest absolute Gasteiger partial charge is 0.337 e. The lowest BCUT2D eigenvalue weighted by molar-refractivity contribution is -0.122. The van der Waals surface area contributed by atoms with Gasteiger partial charge in [0.1, 0.15) is 5.75 Å². The molecule has 1 N–H and O–H groups in total. The van der Waals surface area contributed by atoms with Gasteiger partial charge in [-0.2, -0.15) is 0 Å². The molecule has 0 unspecified atom stereocenters. The molecule has 0 aliphatic rings. The Morgan fingerprint density at radius 1 is 1.13 bits per heavy atom. The van der Waals surface area contributed by atoms with Gasteiger partial charge in [0, 0.05) is 10.7 Å². The number of carbonyl (C=O) groups is 2. The van der Waals surface area contributed by atoms with Gasteiger partial charge in [0.05, 0.1) is 12.7 Å². The van der Waals surface area contributed by atoms with Crippen LogP contribution in [-0.2, 0) is 9.53 Å². The molecule has 2 rings (SSSR count). The lowest BCUT2D eigenvalue weighted by Gasteiger charge is -2.15. The van der Waals surface area contributed by atoms with E-state index in [1.165, 1.54) is 7.11 Å². The molecular formula is C17H16ClNO4. The summed E-state index contributed by atoms with van der Waals surface area (Å²) in [5, 5.41) is 3.25. The van der Waals surface area contributed by atoms with Crippen molar-refractivity contribution in [2.75, 3.05) is 12.4 Å². The number of benzene rings is 2. The SMILES string of the molecule is COC(=O)c1ccc(NC(=O)[C@H](C)Oc2cccc(Cl)c2)cc1. The quantitative estimate of drug-likeness (QED) is 0.850. The molecule has 0 aliphatic heterocycles. The van der Waals surface area contributed by atoms with Crippen LogP contribution in [0.3, 0.4) is 0 Å². The summed E-state index contributed by atoms with van der Waals surface area (Å²) in [5.74, 6) is -0.225. The highest BCUT2D eigenvalue weighted by atomic mass is 35.5. The Labute approximate surface area is 139 Å². The third-order valence-corrected chi connectivity index (χ3v) is 3.29. The first-order chi connectivity index (χ1) is 11.0. The lowest BCUT2D eigenvalue weighted by atomic mass is 10.2. The summed E-state index contributed by atoms with van der Waals surface area (Å²) in [6.07, 6.45) is -0.700. The van der Waals surface area contributed by atoms with Crippen LogP contribution in [0, 0.1) is 0 Å². The zero-order valence-electron chi connectivity index (χ0n) is 12.7. The van der Waals surface area contributed by atoms with Crippen LogP contribution in [0.15, 0.2) is 48.5 Å². The molecule has 0 heterocycles. The molecule has 6 heteroatoms. The molecule has 0 saturated carbocycles. The summed E-state index contributed by atoms with van der Waals surface area (Å²) in [5.41, 5.74) is 0.970. The molecule has 0 aromatic heterocycles. The van der Waals surface area contributed by atoms with E-state index in [1.807, 2.05) is 0 Å². The average molecular weight is 334 g/mol. The van der Waals surface area contributed by atoms with E-state index in [2.05, 4.69) is 10.1 Å². The normalized spacial score (nSPS) is 11.4. The monoisotopic (exact) mass is 333 g/mol. The summed E-state index contributed by atoms with van der Waals surface area (Å²) >= 11 is 5.87. The average Bonchev–Trinajstić information content (AvgIpc) is 2.54. The number of nitrogens with one attached hydrogen (secondary N) is 1. The van der Waals surface area contributed by atoms with Gasteiger partial charge in [0.25, 0.3) is 5.91 Å². The summed E-state index contributed by atoms with van der Waals surface area (Å²) in [6, 6.07) is 13.2. The van der Waals surface area contributed by atoms with Gasteiger partial charge < -0.3 is 14.8 Å². The molecule has 120 valence electrons. The fourth-order valence-corrected chi connectivity index (χ4v) is 2.03. The highest BCUT2D eigenvalue weighted by Crippen LogP contribution is 2.19. The number of rotatable bonds is 5. The van der Waals surface area contributed by atoms with Crippen LogP contribution >= 0.6 is 11.6 Å². The number of hydrogen-bond donors (Lipinski definition) is 1. The molecule has 2 aromatic rings. The van der Waals surface area contributed by atoms with Crippen molar-refractivity contribution >= 4 is 29.2 Å². The standard InChI is InChI=1S/C17H16ClNO4/c1-11(23-15-5-3-4-13(18)10-15)16(20)19-14-8-6-12(7-9-14)17(21)22-2/h3-11H,1-2H3,(H,19,20)/t11-/m0/s1. The van der Waals surface area contributed by atoms with Crippen LogP contribution in [0.4, 0.5) is 5.69 Å². The van der Waals surface area contributed by atoms with Crippen LogP contribution < -0.4 is 10.1 Å². The van der Waals surface area contributed by atoms with E-state index in [4.69, 9.17) is 16.3 Å². The maximum atomic E-state index is 12.1. The van der Waals surface area contributed by atoms with Crippen LogP contribution in [0.25, 0.3) is 0 Å². The van der Waals surface area contributed by atoms with Crippen molar-refractivity contribution in [3.8, 4) is 5.75 Å². The van der Waals surface area contributed by atoms with E-state index in [1.54, 1.807) is 55.5 Å². The first-order valence-electron chi connectivity index (χ1n) is 6.91. The van der Waals surface area contributed by atoms with E-state index in [9.17, 15) is 9.59 Å². The van der Waals surface area contributed by atoms with Crippen molar-refractivity contribution in [2.24, 2.45) is 0 Å². The summed E-state index contributed by atoms with van der Waals surface area (Å²) < 4.78 is 10.2. The van der Waals surface area contributed by atoms with Crippen molar-refractivity contribution < 1.29 is 19.1 Å². The first-order valence-corrected chi connectivity index (χ1v) is 7.29. The second-order valence-corrected chi connectivity index (χ2v) is 5.21. The summed E-state index contributed by atoms with van der Waals surface area (Å²) in [7, 11) is 1.31. The van der Waals surface area contributed by atoms with Crippen molar-refractivity contribution in [3.05, 3.63) is 59.1 Å². The summed E-state index contributed by atoms with van der Waals surface area (Å²) in [4.78, 5) is 23.5. The molecule has 0 saturated heterocycles. The number of esters is 1. The van der Waals surface area contributed by atoms with Gasteiger partial charge in [0.2, 0.25) is 0 Å². The second kappa shape index (κ2) is 7.65. The third-order valence-electron chi connectivity index (χ3n) is 3.05. The van der Waals surface area contributed by atoms with E-state index >= 15 is 0 Å². The number of anilines is 1. The number of hydrogen-bond acceptors (Lipinski definition) is 4. The van der Waals surface area contributed by atoms with Crippen LogP contribution in [0.5, 0.6) is 5.75 Å². The first kappa shape index (κ1) is 16.8. The predicted octanol–water partition coefficient (Wildman–Crippen LogP) is 3.53. The Balaban J connectivity index is 1.96. The van der Waals surface area contributed by atoms with Gasteiger partial charge in [-0.3, -0.25) is 4.79 Å². The number of ether oxygens (including phenoxy) is 2. The molecule has 2 aromatic carbocycles. The highest BCUT2D eigenvalue weighted by molar-refractivity contribution is 6.30. The maximum Gasteiger partial charge on any atom is 0.337 e. The Morgan fingerprint density at radius 2 is 1.83 bits per heavy atom. The fourth-order valence-electron chi connectivity index (χ4n) is 1.85. The Morgan fingerprint density at radius 3 is 2.43 bits per heavy atom. The van der Waals surface area contributed by atoms with Crippen LogP contribution in [0.1, 0.15) is 17.3 Å². The van der Waals surface area contributed by atoms with Crippen molar-refractivity contribution in [1.82, 2.24) is 0 Å². The minimum Gasteiger partial charge on any atom is -0.481 e. The van der Waals surface area contributed by atoms with Gasteiger partial charge in [-0.1, -0.05) is 17.7 Å². The van der Waals surface area contributed by atoms with E-state index in [0.717, 1.165) is 0 Å². The minimum absolute atomic E-state index is 0.309. The molecule has 5 nitrogen and oxygen atoms in total. The van der Waals surface area contributed by atoms with Crippen LogP contribution in [-0.4, -0.2) is 25.1 Å². The fraction of sp³-hybridized carbons (Fsp3) is 0.176. The molecule has 23 heavy (non-hydrogen) atoms. The molecule has 0 fully saturated rings. The number of amides is 1. The molecule has 0 radical (unpaired) electrons. The van der Waals surface area contributed by atoms with Gasteiger partial charge >= 0.3 is 5.97 Å². The van der Waals surface area contributed by atoms with Crippen LogP contribution in [0.2, 0.25) is 5.02 Å². The Kier molecular flexibility index (Phi) is 5.60. The van der Waals surface area contributed by atoms with Gasteiger partial charge in [0.15, 0.2) is 6.10 Å². The van der Waals surface area contributed by atoms with Crippen molar-refractivity contribution in [1.29, 1.82) is 0 Å². The third kappa shape index (κ3) is 4.72. The minimum atomic E-state index is -0.700. The number of halogens is 1. The number of carbonyl (C=O) groups excluding carboxylic acids is 2. The van der Waals surface area contributed by atoms with E-state index < -0.39 is 12.1 Å². The van der Waals surface area contributed by atoms with Gasteiger partial charge in [-0.25, -0.2) is 4.79 Å². The Hall–Kier alpha value is -2.53. The highest BCUT2D eigenvalue weighted by Gasteiger charge is 2.15. The largest absolute Gasteiger partial charge is 0.481 e. The molecule has 1 amide bonds. The molecule has 0 aliphatic carbocycles. The topological polar surface area (TPSA) is 64.6 Å². The molecule has 1 atom stereocenters. The molecule has 0 bridgehead atoms. The van der Waals surface area contributed by atoms with E-state index in [-0.39, 0.29) is 5.91 Å². The lowest BCUT2D eigenvalue weighted by Crippen LogP contribution is -2.30. The zero-order chi connectivity index (χ0) is 16.8. The van der Waals surface area contributed by atoms with Gasteiger partial charge in [-0.05, 0) is 49.4 Å². The summed E-state index contributed by atoms with van der Waals surface area (Å²) in [6.45, 7) is 1.64. The molecule has 0 spiro atoms. The molecular weight excluding hydrogens is 318 g/mol.